The minimum Gasteiger partial charge on any atom is -0.508 e. The second kappa shape index (κ2) is 6.56. The van der Waals surface area contributed by atoms with Crippen LogP contribution in [0.15, 0.2) is 18.2 Å². The van der Waals surface area contributed by atoms with Crippen molar-refractivity contribution in [2.75, 3.05) is 0 Å². The molecule has 8 heteroatoms. The summed E-state index contributed by atoms with van der Waals surface area (Å²) in [5.41, 5.74) is 0.204. The van der Waals surface area contributed by atoms with Gasteiger partial charge in [0.15, 0.2) is 6.10 Å². The Bertz CT molecular complexity index is 609. The van der Waals surface area contributed by atoms with Crippen LogP contribution < -0.4 is 4.74 Å². The smallest absolute Gasteiger partial charge is 0.335 e. The number of aliphatic hydroxyl groups is 3. The number of rotatable bonds is 3. The van der Waals surface area contributed by atoms with Crippen molar-refractivity contribution in [2.24, 2.45) is 0 Å². The molecule has 134 valence electrons. The molecule has 5 atom stereocenters. The van der Waals surface area contributed by atoms with Gasteiger partial charge in [0.2, 0.25) is 6.29 Å². The maximum atomic E-state index is 11.1. The summed E-state index contributed by atoms with van der Waals surface area (Å²) in [5.74, 6) is -1.20. The summed E-state index contributed by atoms with van der Waals surface area (Å²) >= 11 is 0. The summed E-state index contributed by atoms with van der Waals surface area (Å²) in [7, 11) is 0. The van der Waals surface area contributed by atoms with Crippen LogP contribution >= 0.6 is 0 Å². The second-order valence-electron chi connectivity index (χ2n) is 6.78. The highest BCUT2D eigenvalue weighted by Gasteiger charge is 2.48. The van der Waals surface area contributed by atoms with E-state index < -0.39 is 36.7 Å². The molecule has 1 aromatic carbocycles. The average Bonchev–Trinajstić information content (AvgIpc) is 2.48. The number of aliphatic hydroxyl groups excluding tert-OH is 3. The molecule has 5 unspecified atom stereocenters. The minimum atomic E-state index is -1.78. The Morgan fingerprint density at radius 1 is 1.12 bits per heavy atom. The van der Waals surface area contributed by atoms with E-state index in [1.807, 2.05) is 20.8 Å². The molecular weight excluding hydrogens is 320 g/mol. The SMILES string of the molecule is CC(C)(C)c1cc(OC2OC(C(=O)O)C(O)C(O)C2O)ccc1O. The van der Waals surface area contributed by atoms with Gasteiger partial charge in [-0.05, 0) is 23.6 Å². The first-order chi connectivity index (χ1) is 11.0. The van der Waals surface area contributed by atoms with Gasteiger partial charge in [0.25, 0.3) is 0 Å². The van der Waals surface area contributed by atoms with Crippen LogP contribution in [0.5, 0.6) is 11.5 Å². The first kappa shape index (κ1) is 18.5. The van der Waals surface area contributed by atoms with Crippen LogP contribution in [0.2, 0.25) is 0 Å². The minimum absolute atomic E-state index is 0.0684. The monoisotopic (exact) mass is 342 g/mol. The Morgan fingerprint density at radius 3 is 2.29 bits per heavy atom. The summed E-state index contributed by atoms with van der Waals surface area (Å²) in [6.07, 6.45) is -8.36. The van der Waals surface area contributed by atoms with E-state index in [1.165, 1.54) is 12.1 Å². The number of phenolic OH excluding ortho intramolecular Hbond substituents is 1. The van der Waals surface area contributed by atoms with Crippen molar-refractivity contribution in [1.29, 1.82) is 0 Å². The van der Waals surface area contributed by atoms with Gasteiger partial charge in [0.1, 0.15) is 29.8 Å². The van der Waals surface area contributed by atoms with Crippen LogP contribution in [0.3, 0.4) is 0 Å². The number of hydrogen-bond acceptors (Lipinski definition) is 7. The van der Waals surface area contributed by atoms with Gasteiger partial charge >= 0.3 is 5.97 Å². The van der Waals surface area contributed by atoms with Crippen molar-refractivity contribution in [1.82, 2.24) is 0 Å². The topological polar surface area (TPSA) is 137 Å². The van der Waals surface area contributed by atoms with E-state index in [1.54, 1.807) is 6.07 Å². The lowest BCUT2D eigenvalue weighted by Crippen LogP contribution is -2.61. The van der Waals surface area contributed by atoms with Crippen molar-refractivity contribution in [3.8, 4) is 11.5 Å². The van der Waals surface area contributed by atoms with Crippen molar-refractivity contribution in [3.63, 3.8) is 0 Å². The normalized spacial score (nSPS) is 30.8. The predicted molar refractivity (Wildman–Crippen MR) is 81.8 cm³/mol. The molecule has 1 aliphatic rings. The molecule has 24 heavy (non-hydrogen) atoms. The Morgan fingerprint density at radius 2 is 1.75 bits per heavy atom. The first-order valence-electron chi connectivity index (χ1n) is 7.45. The lowest BCUT2D eigenvalue weighted by Gasteiger charge is -2.38. The second-order valence-corrected chi connectivity index (χ2v) is 6.78. The van der Waals surface area contributed by atoms with Crippen LogP contribution in [0.25, 0.3) is 0 Å². The average molecular weight is 342 g/mol. The number of carbonyl (C=O) groups is 1. The van der Waals surface area contributed by atoms with Gasteiger partial charge in [0.05, 0.1) is 0 Å². The van der Waals surface area contributed by atoms with Gasteiger partial charge in [-0.15, -0.1) is 0 Å². The van der Waals surface area contributed by atoms with E-state index in [9.17, 15) is 25.2 Å². The molecule has 1 aliphatic heterocycles. The summed E-state index contributed by atoms with van der Waals surface area (Å²) < 4.78 is 10.5. The summed E-state index contributed by atoms with van der Waals surface area (Å²) in [5, 5.41) is 48.3. The Hall–Kier alpha value is -1.87. The molecule has 2 rings (SSSR count). The molecule has 0 amide bonds. The Balaban J connectivity index is 2.25. The molecule has 0 bridgehead atoms. The molecule has 1 aromatic rings. The quantitative estimate of drug-likeness (QED) is 0.516. The van der Waals surface area contributed by atoms with Crippen molar-refractivity contribution < 1.29 is 39.8 Å². The molecule has 1 saturated heterocycles. The van der Waals surface area contributed by atoms with E-state index in [4.69, 9.17) is 14.6 Å². The van der Waals surface area contributed by atoms with E-state index in [-0.39, 0.29) is 16.9 Å². The van der Waals surface area contributed by atoms with Crippen LogP contribution in [0, 0.1) is 0 Å². The third-order valence-corrected chi connectivity index (χ3v) is 3.84. The van der Waals surface area contributed by atoms with E-state index in [0.29, 0.717) is 5.56 Å². The van der Waals surface area contributed by atoms with Gasteiger partial charge in [-0.1, -0.05) is 20.8 Å². The van der Waals surface area contributed by atoms with Crippen LogP contribution in [0.4, 0.5) is 0 Å². The first-order valence-corrected chi connectivity index (χ1v) is 7.45. The number of phenols is 1. The van der Waals surface area contributed by atoms with Crippen molar-refractivity contribution >= 4 is 5.97 Å². The van der Waals surface area contributed by atoms with E-state index >= 15 is 0 Å². The predicted octanol–water partition coefficient (Wildman–Crippen LogP) is -0.0393. The highest BCUT2D eigenvalue weighted by atomic mass is 16.7. The number of carboxylic acid groups (broad SMARTS) is 1. The molecule has 1 fully saturated rings. The number of aromatic hydroxyl groups is 1. The zero-order valence-corrected chi connectivity index (χ0v) is 13.6. The van der Waals surface area contributed by atoms with E-state index in [2.05, 4.69) is 0 Å². The maximum absolute atomic E-state index is 11.1. The fraction of sp³-hybridized carbons (Fsp3) is 0.562. The maximum Gasteiger partial charge on any atom is 0.335 e. The molecule has 5 N–H and O–H groups in total. The third-order valence-electron chi connectivity index (χ3n) is 3.84. The van der Waals surface area contributed by atoms with Crippen molar-refractivity contribution in [3.05, 3.63) is 23.8 Å². The van der Waals surface area contributed by atoms with Crippen LogP contribution in [-0.2, 0) is 14.9 Å². The molecule has 0 aromatic heterocycles. The standard InChI is InChI=1S/C16H22O8/c1-16(2,3)8-6-7(4-5-9(8)17)23-15-12(20)10(18)11(19)13(24-15)14(21)22/h4-6,10-13,15,17-20H,1-3H3,(H,21,22). The highest BCUT2D eigenvalue weighted by Crippen LogP contribution is 2.34. The number of ether oxygens (including phenoxy) is 2. The third kappa shape index (κ3) is 3.62. The zero-order chi connectivity index (χ0) is 18.2. The zero-order valence-electron chi connectivity index (χ0n) is 13.6. The Labute approximate surface area is 138 Å². The van der Waals surface area contributed by atoms with Crippen LogP contribution in [0.1, 0.15) is 26.3 Å². The largest absolute Gasteiger partial charge is 0.508 e. The lowest BCUT2D eigenvalue weighted by molar-refractivity contribution is -0.271. The van der Waals surface area contributed by atoms with Crippen molar-refractivity contribution in [2.45, 2.75) is 56.9 Å². The lowest BCUT2D eigenvalue weighted by atomic mass is 9.86. The fourth-order valence-electron chi connectivity index (χ4n) is 2.47. The fourth-order valence-corrected chi connectivity index (χ4v) is 2.47. The summed E-state index contributed by atoms with van der Waals surface area (Å²) in [6, 6.07) is 4.37. The summed E-state index contributed by atoms with van der Waals surface area (Å²) in [6.45, 7) is 5.66. The Kier molecular flexibility index (Phi) is 5.05. The van der Waals surface area contributed by atoms with Gasteiger partial charge in [-0.2, -0.15) is 0 Å². The summed E-state index contributed by atoms with van der Waals surface area (Å²) in [4.78, 5) is 11.1. The number of carboxylic acids is 1. The highest BCUT2D eigenvalue weighted by molar-refractivity contribution is 5.73. The molecule has 0 radical (unpaired) electrons. The number of hydrogen-bond donors (Lipinski definition) is 5. The molecule has 0 spiro atoms. The van der Waals surface area contributed by atoms with Gasteiger partial charge < -0.3 is 35.0 Å². The molecule has 1 heterocycles. The molecular formula is C16H22O8. The number of aliphatic carboxylic acids is 1. The van der Waals surface area contributed by atoms with Gasteiger partial charge in [-0.25, -0.2) is 4.79 Å². The van der Waals surface area contributed by atoms with Gasteiger partial charge in [-0.3, -0.25) is 0 Å². The number of benzene rings is 1. The van der Waals surface area contributed by atoms with E-state index in [0.717, 1.165) is 0 Å². The van der Waals surface area contributed by atoms with Gasteiger partial charge in [0, 0.05) is 5.56 Å². The molecule has 8 nitrogen and oxygen atoms in total. The van der Waals surface area contributed by atoms with Crippen LogP contribution in [-0.4, -0.2) is 62.2 Å². The molecule has 0 aliphatic carbocycles. The molecule has 0 saturated carbocycles.